The zero-order chi connectivity index (χ0) is 13.4. The van der Waals surface area contributed by atoms with Gasteiger partial charge in [-0.1, -0.05) is 0 Å². The number of aliphatic hydroxyl groups excluding tert-OH is 1. The van der Waals surface area contributed by atoms with Gasteiger partial charge in [-0.3, -0.25) is 4.79 Å². The van der Waals surface area contributed by atoms with E-state index in [4.69, 9.17) is 5.11 Å². The number of fused-ring (bicyclic) bond motifs is 1. The first-order chi connectivity index (χ1) is 9.19. The second-order valence-corrected chi connectivity index (χ2v) is 5.67. The van der Waals surface area contributed by atoms with Crippen LogP contribution in [0.3, 0.4) is 0 Å². The van der Waals surface area contributed by atoms with Crippen molar-refractivity contribution in [3.05, 3.63) is 17.2 Å². The number of carbonyl (C=O) groups excluding carboxylic acids is 1. The number of aliphatic hydroxyl groups is 1. The molecule has 1 atom stereocenters. The first kappa shape index (κ1) is 12.7. The molecule has 0 saturated heterocycles. The second kappa shape index (κ2) is 4.96. The highest BCUT2D eigenvalue weighted by atomic mass is 16.3. The molecular formula is C14H21N3O2. The van der Waals surface area contributed by atoms with E-state index in [1.165, 1.54) is 0 Å². The number of aryl methyl sites for hydroxylation is 2. The Bertz CT molecular complexity index is 479. The van der Waals surface area contributed by atoms with E-state index in [1.54, 1.807) is 0 Å². The van der Waals surface area contributed by atoms with Crippen molar-refractivity contribution in [3.8, 4) is 0 Å². The Morgan fingerprint density at radius 2 is 2.26 bits per heavy atom. The lowest BCUT2D eigenvalue weighted by molar-refractivity contribution is -0.137. The summed E-state index contributed by atoms with van der Waals surface area (Å²) in [6, 6.07) is 0.379. The van der Waals surface area contributed by atoms with Crippen molar-refractivity contribution >= 4 is 5.91 Å². The zero-order valence-electron chi connectivity index (χ0n) is 11.4. The van der Waals surface area contributed by atoms with Crippen molar-refractivity contribution in [2.24, 2.45) is 5.92 Å². The first-order valence-corrected chi connectivity index (χ1v) is 7.14. The van der Waals surface area contributed by atoms with E-state index in [1.807, 2.05) is 11.8 Å². The number of nitrogens with one attached hydrogen (secondary N) is 1. The first-order valence-electron chi connectivity index (χ1n) is 7.14. The minimum Gasteiger partial charge on any atom is -0.395 e. The standard InChI is InChI=1S/C14H21N3O2/c1-9-15-12-5-2-10(8-13(12)16-9)14(19)17(6-7-18)11-3-4-11/h10-11,18H,2-8H2,1H3,(H,15,16). The molecule has 1 aromatic rings. The normalized spacial score (nSPS) is 22.1. The van der Waals surface area contributed by atoms with E-state index < -0.39 is 0 Å². The van der Waals surface area contributed by atoms with E-state index in [9.17, 15) is 4.79 Å². The highest BCUT2D eigenvalue weighted by Gasteiger charge is 2.37. The van der Waals surface area contributed by atoms with E-state index in [0.29, 0.717) is 12.6 Å². The van der Waals surface area contributed by atoms with Crippen LogP contribution in [0.25, 0.3) is 0 Å². The molecule has 1 fully saturated rings. The molecule has 1 saturated carbocycles. The molecule has 0 spiro atoms. The molecule has 0 bridgehead atoms. The lowest BCUT2D eigenvalue weighted by atomic mass is 9.88. The Morgan fingerprint density at radius 3 is 2.95 bits per heavy atom. The van der Waals surface area contributed by atoms with Gasteiger partial charge in [-0.2, -0.15) is 0 Å². The molecule has 1 heterocycles. The third-order valence-electron chi connectivity index (χ3n) is 4.12. The highest BCUT2D eigenvalue weighted by molar-refractivity contribution is 5.80. The van der Waals surface area contributed by atoms with Crippen LogP contribution in [-0.4, -0.2) is 45.1 Å². The fraction of sp³-hybridized carbons (Fsp3) is 0.714. The molecule has 0 aliphatic heterocycles. The molecule has 5 nitrogen and oxygen atoms in total. The number of aromatic amines is 1. The summed E-state index contributed by atoms with van der Waals surface area (Å²) in [5, 5.41) is 9.11. The van der Waals surface area contributed by atoms with Gasteiger partial charge in [-0.05, 0) is 32.6 Å². The minimum absolute atomic E-state index is 0.0551. The van der Waals surface area contributed by atoms with E-state index in [-0.39, 0.29) is 18.4 Å². The molecule has 2 N–H and O–H groups in total. The molecular weight excluding hydrogens is 242 g/mol. The van der Waals surface area contributed by atoms with E-state index >= 15 is 0 Å². The Kier molecular flexibility index (Phi) is 3.31. The van der Waals surface area contributed by atoms with Crippen molar-refractivity contribution < 1.29 is 9.90 Å². The quantitative estimate of drug-likeness (QED) is 0.844. The maximum atomic E-state index is 12.6. The summed E-state index contributed by atoms with van der Waals surface area (Å²) in [5.74, 6) is 1.21. The number of imidazole rings is 1. The predicted molar refractivity (Wildman–Crippen MR) is 70.7 cm³/mol. The van der Waals surface area contributed by atoms with Crippen LogP contribution in [-0.2, 0) is 17.6 Å². The summed E-state index contributed by atoms with van der Waals surface area (Å²) in [7, 11) is 0. The lowest BCUT2D eigenvalue weighted by Crippen LogP contribution is -2.41. The molecule has 1 unspecified atom stereocenters. The van der Waals surface area contributed by atoms with E-state index in [2.05, 4.69) is 9.97 Å². The minimum atomic E-state index is 0.0551. The Morgan fingerprint density at radius 1 is 1.47 bits per heavy atom. The number of nitrogens with zero attached hydrogens (tertiary/aromatic N) is 2. The maximum Gasteiger partial charge on any atom is 0.226 e. The van der Waals surface area contributed by atoms with Crippen LogP contribution in [0.5, 0.6) is 0 Å². The van der Waals surface area contributed by atoms with Crippen molar-refractivity contribution in [1.29, 1.82) is 0 Å². The van der Waals surface area contributed by atoms with Crippen LogP contribution >= 0.6 is 0 Å². The Labute approximate surface area is 113 Å². The average Bonchev–Trinajstić information content (AvgIpc) is 3.15. The number of H-pyrrole nitrogens is 1. The number of amides is 1. The zero-order valence-corrected chi connectivity index (χ0v) is 11.4. The van der Waals surface area contributed by atoms with Gasteiger partial charge in [0.1, 0.15) is 5.82 Å². The van der Waals surface area contributed by atoms with Crippen LogP contribution in [0.15, 0.2) is 0 Å². The van der Waals surface area contributed by atoms with Crippen LogP contribution in [0.4, 0.5) is 0 Å². The topological polar surface area (TPSA) is 69.2 Å². The third-order valence-corrected chi connectivity index (χ3v) is 4.12. The molecule has 0 radical (unpaired) electrons. The van der Waals surface area contributed by atoms with Gasteiger partial charge in [-0.15, -0.1) is 0 Å². The number of hydrogen-bond donors (Lipinski definition) is 2. The van der Waals surface area contributed by atoms with Gasteiger partial charge in [0.2, 0.25) is 5.91 Å². The highest BCUT2D eigenvalue weighted by Crippen LogP contribution is 2.31. The fourth-order valence-corrected chi connectivity index (χ4v) is 3.04. The Balaban J connectivity index is 1.70. The van der Waals surface area contributed by atoms with Crippen LogP contribution in [0.1, 0.15) is 36.5 Å². The smallest absolute Gasteiger partial charge is 0.226 e. The number of aromatic nitrogens is 2. The van der Waals surface area contributed by atoms with Gasteiger partial charge >= 0.3 is 0 Å². The summed E-state index contributed by atoms with van der Waals surface area (Å²) >= 11 is 0. The third kappa shape index (κ3) is 2.52. The molecule has 19 heavy (non-hydrogen) atoms. The maximum absolute atomic E-state index is 12.6. The van der Waals surface area contributed by atoms with Gasteiger partial charge in [0.15, 0.2) is 0 Å². The summed E-state index contributed by atoms with van der Waals surface area (Å²) in [4.78, 5) is 22.2. The van der Waals surface area contributed by atoms with Gasteiger partial charge in [0.25, 0.3) is 0 Å². The molecule has 2 aliphatic rings. The molecule has 2 aliphatic carbocycles. The lowest BCUT2D eigenvalue weighted by Gasteiger charge is -2.28. The number of hydrogen-bond acceptors (Lipinski definition) is 3. The average molecular weight is 263 g/mol. The van der Waals surface area contributed by atoms with Gasteiger partial charge in [-0.25, -0.2) is 4.98 Å². The molecule has 0 aromatic carbocycles. The van der Waals surface area contributed by atoms with Gasteiger partial charge in [0, 0.05) is 30.6 Å². The van der Waals surface area contributed by atoms with Crippen LogP contribution in [0, 0.1) is 12.8 Å². The molecule has 1 aromatic heterocycles. The van der Waals surface area contributed by atoms with E-state index in [0.717, 1.165) is 49.3 Å². The van der Waals surface area contributed by atoms with Crippen molar-refractivity contribution in [2.75, 3.05) is 13.2 Å². The van der Waals surface area contributed by atoms with Gasteiger partial charge < -0.3 is 15.0 Å². The summed E-state index contributed by atoms with van der Waals surface area (Å²) < 4.78 is 0. The SMILES string of the molecule is Cc1nc2c([nH]1)CC(C(=O)N(CCO)C1CC1)CC2. The number of rotatable bonds is 4. The van der Waals surface area contributed by atoms with Crippen molar-refractivity contribution in [3.63, 3.8) is 0 Å². The number of carbonyl (C=O) groups is 1. The van der Waals surface area contributed by atoms with Crippen molar-refractivity contribution in [1.82, 2.24) is 14.9 Å². The molecule has 1 amide bonds. The van der Waals surface area contributed by atoms with Crippen LogP contribution < -0.4 is 0 Å². The summed E-state index contributed by atoms with van der Waals surface area (Å²) in [6.07, 6.45) is 4.71. The second-order valence-electron chi connectivity index (χ2n) is 5.67. The van der Waals surface area contributed by atoms with Crippen LogP contribution in [0.2, 0.25) is 0 Å². The van der Waals surface area contributed by atoms with Gasteiger partial charge in [0.05, 0.1) is 12.3 Å². The monoisotopic (exact) mass is 263 g/mol. The predicted octanol–water partition coefficient (Wildman–Crippen LogP) is 0.806. The molecule has 3 rings (SSSR count). The largest absolute Gasteiger partial charge is 0.395 e. The van der Waals surface area contributed by atoms with Crippen molar-refractivity contribution in [2.45, 2.75) is 45.1 Å². The molecule has 104 valence electrons. The fourth-order valence-electron chi connectivity index (χ4n) is 3.04. The summed E-state index contributed by atoms with van der Waals surface area (Å²) in [5.41, 5.74) is 2.25. The summed E-state index contributed by atoms with van der Waals surface area (Å²) in [6.45, 7) is 2.50. The molecule has 5 heteroatoms. The Hall–Kier alpha value is -1.36.